The maximum Gasteiger partial charge on any atom is 0.246 e. The van der Waals surface area contributed by atoms with Gasteiger partial charge in [0, 0.05) is 25.1 Å². The van der Waals surface area contributed by atoms with Gasteiger partial charge in [-0.3, -0.25) is 9.59 Å². The van der Waals surface area contributed by atoms with Gasteiger partial charge in [-0.1, -0.05) is 36.9 Å². The van der Waals surface area contributed by atoms with E-state index in [4.69, 9.17) is 15.6 Å². The summed E-state index contributed by atoms with van der Waals surface area (Å²) >= 11 is 0. The van der Waals surface area contributed by atoms with Gasteiger partial charge in [-0.05, 0) is 43.0 Å². The van der Waals surface area contributed by atoms with Crippen LogP contribution in [-0.4, -0.2) is 56.5 Å². The molecule has 2 aromatic heterocycles. The summed E-state index contributed by atoms with van der Waals surface area (Å²) in [6, 6.07) is 12.2. The maximum atomic E-state index is 14.5. The van der Waals surface area contributed by atoms with Crippen LogP contribution in [0.1, 0.15) is 41.2 Å². The molecule has 1 aliphatic rings. The highest BCUT2D eigenvalue weighted by Crippen LogP contribution is 2.34. The highest BCUT2D eigenvalue weighted by molar-refractivity contribution is 5.98. The second kappa shape index (κ2) is 11.0. The summed E-state index contributed by atoms with van der Waals surface area (Å²) in [4.78, 5) is 35.3. The van der Waals surface area contributed by atoms with Gasteiger partial charge in [-0.15, -0.1) is 0 Å². The summed E-state index contributed by atoms with van der Waals surface area (Å²) < 4.78 is 21.3. The van der Waals surface area contributed by atoms with Crippen LogP contribution in [0.25, 0.3) is 22.3 Å². The van der Waals surface area contributed by atoms with E-state index in [1.54, 1.807) is 11.0 Å². The summed E-state index contributed by atoms with van der Waals surface area (Å²) in [6.45, 7) is 4.79. The van der Waals surface area contributed by atoms with Crippen molar-refractivity contribution < 1.29 is 18.7 Å². The number of piperidine rings is 1. The van der Waals surface area contributed by atoms with Crippen molar-refractivity contribution in [1.82, 2.24) is 24.6 Å². The zero-order valence-corrected chi connectivity index (χ0v) is 21.6. The number of aryl methyl sites for hydroxylation is 1. The van der Waals surface area contributed by atoms with E-state index in [1.807, 2.05) is 28.9 Å². The molecule has 0 aliphatic carbocycles. The predicted octanol–water partition coefficient (Wildman–Crippen LogP) is 4.39. The van der Waals surface area contributed by atoms with Crippen molar-refractivity contribution in [2.75, 3.05) is 25.9 Å². The molecule has 200 valence electrons. The van der Waals surface area contributed by atoms with Gasteiger partial charge in [0.05, 0.1) is 24.1 Å². The molecule has 39 heavy (non-hydrogen) atoms. The van der Waals surface area contributed by atoms with E-state index in [1.165, 1.54) is 31.6 Å². The van der Waals surface area contributed by atoms with Crippen molar-refractivity contribution >= 4 is 28.5 Å². The van der Waals surface area contributed by atoms with E-state index < -0.39 is 5.82 Å². The fourth-order valence-corrected chi connectivity index (χ4v) is 5.04. The van der Waals surface area contributed by atoms with Crippen molar-refractivity contribution in [2.45, 2.75) is 31.7 Å². The number of aromatic nitrogens is 4. The minimum absolute atomic E-state index is 0.0227. The van der Waals surface area contributed by atoms with Gasteiger partial charge >= 0.3 is 0 Å². The van der Waals surface area contributed by atoms with E-state index in [-0.39, 0.29) is 35.5 Å². The lowest BCUT2D eigenvalue weighted by atomic mass is 10.0. The average molecular weight is 529 g/mol. The first-order valence-electron chi connectivity index (χ1n) is 12.8. The van der Waals surface area contributed by atoms with Crippen molar-refractivity contribution in [3.63, 3.8) is 0 Å². The molecule has 4 aromatic rings. The number of benzene rings is 2. The van der Waals surface area contributed by atoms with E-state index in [0.717, 1.165) is 24.0 Å². The number of carbonyl (C=O) groups excluding carboxylic acids is 2. The number of anilines is 1. The Morgan fingerprint density at radius 2 is 2.00 bits per heavy atom. The zero-order valence-electron chi connectivity index (χ0n) is 21.6. The number of nitrogens with zero attached hydrogens (tertiary/aromatic N) is 5. The number of Topliss-reactive ketones (excluding diaryl/α,β-unsaturated/α-hetero) is 1. The van der Waals surface area contributed by atoms with E-state index in [9.17, 15) is 14.0 Å². The topological polar surface area (TPSA) is 116 Å². The smallest absolute Gasteiger partial charge is 0.246 e. The van der Waals surface area contributed by atoms with Crippen LogP contribution < -0.4 is 10.5 Å². The van der Waals surface area contributed by atoms with Crippen molar-refractivity contribution in [3.8, 4) is 17.0 Å². The molecule has 0 bridgehead atoms. The number of ether oxygens (including phenoxy) is 1. The molecule has 10 heteroatoms. The van der Waals surface area contributed by atoms with Gasteiger partial charge in [-0.25, -0.2) is 19.0 Å². The summed E-state index contributed by atoms with van der Waals surface area (Å²) in [5.41, 5.74) is 9.31. The van der Waals surface area contributed by atoms with Crippen molar-refractivity contribution in [2.24, 2.45) is 0 Å². The van der Waals surface area contributed by atoms with Crippen LogP contribution in [0.5, 0.6) is 5.75 Å². The Morgan fingerprint density at radius 3 is 2.74 bits per heavy atom. The van der Waals surface area contributed by atoms with Crippen molar-refractivity contribution in [3.05, 3.63) is 78.4 Å². The van der Waals surface area contributed by atoms with Crippen LogP contribution in [0, 0.1) is 5.82 Å². The third kappa shape index (κ3) is 5.09. The molecule has 1 atom stereocenters. The third-order valence-corrected chi connectivity index (χ3v) is 7.10. The number of ketones is 1. The lowest BCUT2D eigenvalue weighted by Crippen LogP contribution is -2.40. The first-order valence-corrected chi connectivity index (χ1v) is 12.8. The lowest BCUT2D eigenvalue weighted by Gasteiger charge is -2.32. The Balaban J connectivity index is 1.38. The minimum Gasteiger partial charge on any atom is -0.494 e. The quantitative estimate of drug-likeness (QED) is 0.266. The van der Waals surface area contributed by atoms with Crippen LogP contribution in [0.15, 0.2) is 61.4 Å². The number of halogens is 1. The van der Waals surface area contributed by atoms with Gasteiger partial charge in [0.15, 0.2) is 23.0 Å². The molecule has 9 nitrogen and oxygen atoms in total. The molecule has 2 N–H and O–H groups in total. The normalized spacial score (nSPS) is 15.3. The second-order valence-corrected chi connectivity index (χ2v) is 9.48. The zero-order chi connectivity index (χ0) is 27.5. The number of hydrogen-bond donors (Lipinski definition) is 1. The number of carbonyl (C=O) groups is 2. The maximum absolute atomic E-state index is 14.5. The summed E-state index contributed by atoms with van der Waals surface area (Å²) in [6.07, 6.45) is 5.04. The van der Waals surface area contributed by atoms with Gasteiger partial charge in [-0.2, -0.15) is 5.10 Å². The highest BCUT2D eigenvalue weighted by Gasteiger charge is 2.28. The average Bonchev–Trinajstić information content (AvgIpc) is 3.37. The molecule has 1 amide bonds. The Hall–Kier alpha value is -4.60. The highest BCUT2D eigenvalue weighted by atomic mass is 19.1. The van der Waals surface area contributed by atoms with E-state index >= 15 is 0 Å². The SMILES string of the molecule is C=CC(=O)N1CCCC(n2nc(-c3ccc(CCC(=O)c4cccc(OC)c4F)cc3)c3c(N)ncnc32)C1. The van der Waals surface area contributed by atoms with Gasteiger partial charge in [0.25, 0.3) is 0 Å². The second-order valence-electron chi connectivity index (χ2n) is 9.48. The standard InChI is InChI=1S/C29H29FN6O3/c1-3-24(38)35-15-5-6-20(16-35)36-29-25(28(31)32-17-33-29)27(34-36)19-12-9-18(10-13-19)11-14-22(37)21-7-4-8-23(39-2)26(21)30/h3-4,7-10,12-13,17,20H,1,5-6,11,14-16H2,2H3,(H2,31,32,33). The molecule has 1 fully saturated rings. The van der Waals surface area contributed by atoms with Crippen molar-refractivity contribution in [1.29, 1.82) is 0 Å². The molecule has 1 saturated heterocycles. The van der Waals surface area contributed by atoms with Gasteiger partial charge < -0.3 is 15.4 Å². The van der Waals surface area contributed by atoms with Crippen LogP contribution in [0.4, 0.5) is 10.2 Å². The third-order valence-electron chi connectivity index (χ3n) is 7.10. The first-order chi connectivity index (χ1) is 18.9. The molecule has 3 heterocycles. The van der Waals surface area contributed by atoms with E-state index in [0.29, 0.717) is 42.1 Å². The van der Waals surface area contributed by atoms with Gasteiger partial charge in [0.2, 0.25) is 5.91 Å². The molecule has 1 aliphatic heterocycles. The first kappa shape index (κ1) is 26.0. The molecule has 0 saturated carbocycles. The van der Waals surface area contributed by atoms with E-state index in [2.05, 4.69) is 16.5 Å². The number of nitrogen functional groups attached to an aromatic ring is 1. The van der Waals surface area contributed by atoms with Crippen LogP contribution in [0.3, 0.4) is 0 Å². The number of likely N-dealkylation sites (tertiary alicyclic amines) is 1. The summed E-state index contributed by atoms with van der Waals surface area (Å²) in [7, 11) is 1.37. The number of rotatable bonds is 8. The molecule has 0 radical (unpaired) electrons. The Labute approximate surface area is 225 Å². The molecular weight excluding hydrogens is 499 g/mol. The number of hydrogen-bond acceptors (Lipinski definition) is 7. The molecule has 2 aromatic carbocycles. The summed E-state index contributed by atoms with van der Waals surface area (Å²) in [5.74, 6) is -0.660. The molecule has 5 rings (SSSR count). The lowest BCUT2D eigenvalue weighted by molar-refractivity contribution is -0.127. The number of fused-ring (bicyclic) bond motifs is 1. The monoisotopic (exact) mass is 528 g/mol. The Bertz CT molecular complexity index is 1550. The molecule has 0 spiro atoms. The predicted molar refractivity (Wildman–Crippen MR) is 146 cm³/mol. The van der Waals surface area contributed by atoms with Crippen LogP contribution in [-0.2, 0) is 11.2 Å². The fourth-order valence-electron chi connectivity index (χ4n) is 5.04. The fraction of sp³-hybridized carbons (Fsp3) is 0.276. The molecule has 1 unspecified atom stereocenters. The minimum atomic E-state index is -0.641. The van der Waals surface area contributed by atoms with Crippen LogP contribution in [0.2, 0.25) is 0 Å². The Kier molecular flexibility index (Phi) is 7.36. The number of amides is 1. The number of nitrogens with two attached hydrogens (primary N) is 1. The van der Waals surface area contributed by atoms with Crippen LogP contribution >= 0.6 is 0 Å². The summed E-state index contributed by atoms with van der Waals surface area (Å²) in [5, 5.41) is 5.55. The molecular formula is C29H29FN6O3. The largest absolute Gasteiger partial charge is 0.494 e. The van der Waals surface area contributed by atoms with Gasteiger partial charge in [0.1, 0.15) is 17.8 Å². The Morgan fingerprint density at radius 1 is 1.21 bits per heavy atom. The number of methoxy groups -OCH3 is 1.